The molecule has 1 aromatic carbocycles. The number of carboxylic acid groups (broad SMARTS) is 1. The molecule has 1 heterocycles. The van der Waals surface area contributed by atoms with Crippen LogP contribution in [0.5, 0.6) is 0 Å². The third-order valence-electron chi connectivity index (χ3n) is 3.91. The second-order valence-corrected chi connectivity index (χ2v) is 5.36. The molecule has 0 unspecified atom stereocenters. The molecular weight excluding hydrogens is 270 g/mol. The van der Waals surface area contributed by atoms with Crippen molar-refractivity contribution >= 4 is 11.9 Å². The maximum absolute atomic E-state index is 12.3. The summed E-state index contributed by atoms with van der Waals surface area (Å²) in [4.78, 5) is 25.1. The van der Waals surface area contributed by atoms with E-state index in [0.29, 0.717) is 31.7 Å². The first-order valence-corrected chi connectivity index (χ1v) is 7.23. The standard InChI is InChI=1S/C16H21NO4/c1-17(15(18)13-7-10-21-11-8-13)9-6-12-4-2-3-5-14(12)16(19)20/h2-5,13H,6-11H2,1H3,(H,19,20). The Morgan fingerprint density at radius 3 is 2.62 bits per heavy atom. The molecule has 1 amide bonds. The van der Waals surface area contributed by atoms with Gasteiger partial charge in [0.15, 0.2) is 0 Å². The minimum Gasteiger partial charge on any atom is -0.478 e. The van der Waals surface area contributed by atoms with E-state index in [4.69, 9.17) is 9.84 Å². The lowest BCUT2D eigenvalue weighted by Gasteiger charge is -2.26. The number of carboxylic acids is 1. The van der Waals surface area contributed by atoms with Crippen molar-refractivity contribution in [1.29, 1.82) is 0 Å². The number of likely N-dealkylation sites (N-methyl/N-ethyl adjacent to an activating group) is 1. The van der Waals surface area contributed by atoms with Crippen LogP contribution in [0.25, 0.3) is 0 Å². The van der Waals surface area contributed by atoms with Gasteiger partial charge in [-0.3, -0.25) is 4.79 Å². The van der Waals surface area contributed by atoms with Crippen molar-refractivity contribution in [2.24, 2.45) is 5.92 Å². The van der Waals surface area contributed by atoms with Gasteiger partial charge >= 0.3 is 5.97 Å². The average Bonchev–Trinajstić information content (AvgIpc) is 2.52. The summed E-state index contributed by atoms with van der Waals surface area (Å²) in [5.74, 6) is -0.756. The first kappa shape index (κ1) is 15.5. The van der Waals surface area contributed by atoms with Crippen LogP contribution in [-0.2, 0) is 16.0 Å². The van der Waals surface area contributed by atoms with E-state index in [1.54, 1.807) is 30.1 Å². The van der Waals surface area contributed by atoms with Crippen LogP contribution in [0.2, 0.25) is 0 Å². The topological polar surface area (TPSA) is 66.8 Å². The fraction of sp³-hybridized carbons (Fsp3) is 0.500. The van der Waals surface area contributed by atoms with Gasteiger partial charge in [-0.15, -0.1) is 0 Å². The maximum atomic E-state index is 12.3. The zero-order chi connectivity index (χ0) is 15.2. The highest BCUT2D eigenvalue weighted by atomic mass is 16.5. The lowest BCUT2D eigenvalue weighted by Crippen LogP contribution is -2.37. The van der Waals surface area contributed by atoms with E-state index in [1.807, 2.05) is 6.07 Å². The third kappa shape index (κ3) is 4.04. The van der Waals surface area contributed by atoms with E-state index in [2.05, 4.69) is 0 Å². The minimum absolute atomic E-state index is 0.0402. The van der Waals surface area contributed by atoms with Crippen molar-refractivity contribution in [1.82, 2.24) is 4.90 Å². The summed E-state index contributed by atoms with van der Waals surface area (Å²) in [7, 11) is 1.78. The van der Waals surface area contributed by atoms with Crippen LogP contribution in [0, 0.1) is 5.92 Å². The number of ether oxygens (including phenoxy) is 1. The Hall–Kier alpha value is -1.88. The van der Waals surface area contributed by atoms with Crippen molar-refractivity contribution < 1.29 is 19.4 Å². The molecule has 5 heteroatoms. The molecular formula is C16H21NO4. The molecule has 114 valence electrons. The number of carbonyl (C=O) groups excluding carboxylic acids is 1. The van der Waals surface area contributed by atoms with Gasteiger partial charge in [0.05, 0.1) is 5.56 Å². The monoisotopic (exact) mass is 291 g/mol. The second kappa shape index (κ2) is 7.22. The van der Waals surface area contributed by atoms with Crippen molar-refractivity contribution in [3.05, 3.63) is 35.4 Å². The van der Waals surface area contributed by atoms with Crippen LogP contribution in [0.3, 0.4) is 0 Å². The van der Waals surface area contributed by atoms with Gasteiger partial charge in [0.25, 0.3) is 0 Å². The zero-order valence-corrected chi connectivity index (χ0v) is 12.2. The maximum Gasteiger partial charge on any atom is 0.335 e. The smallest absolute Gasteiger partial charge is 0.335 e. The molecule has 5 nitrogen and oxygen atoms in total. The summed E-state index contributed by atoms with van der Waals surface area (Å²) in [5, 5.41) is 9.15. The molecule has 1 aromatic rings. The number of nitrogens with zero attached hydrogens (tertiary/aromatic N) is 1. The fourth-order valence-corrected chi connectivity index (χ4v) is 2.60. The van der Waals surface area contributed by atoms with E-state index in [1.165, 1.54) is 0 Å². The Morgan fingerprint density at radius 1 is 1.29 bits per heavy atom. The van der Waals surface area contributed by atoms with Gasteiger partial charge in [-0.25, -0.2) is 4.79 Å². The van der Waals surface area contributed by atoms with E-state index < -0.39 is 5.97 Å². The van der Waals surface area contributed by atoms with Gasteiger partial charge in [-0.1, -0.05) is 18.2 Å². The van der Waals surface area contributed by atoms with Crippen LogP contribution < -0.4 is 0 Å². The lowest BCUT2D eigenvalue weighted by molar-refractivity contribution is -0.137. The molecule has 0 saturated carbocycles. The fourth-order valence-electron chi connectivity index (χ4n) is 2.60. The summed E-state index contributed by atoms with van der Waals surface area (Å²) in [6.45, 7) is 1.82. The van der Waals surface area contributed by atoms with Crippen LogP contribution >= 0.6 is 0 Å². The van der Waals surface area contributed by atoms with Crippen molar-refractivity contribution in [2.45, 2.75) is 19.3 Å². The highest BCUT2D eigenvalue weighted by Crippen LogP contribution is 2.17. The van der Waals surface area contributed by atoms with Crippen LogP contribution in [0.4, 0.5) is 0 Å². The molecule has 0 aromatic heterocycles. The van der Waals surface area contributed by atoms with Crippen LogP contribution in [0.1, 0.15) is 28.8 Å². The summed E-state index contributed by atoms with van der Waals surface area (Å²) in [6.07, 6.45) is 2.09. The Morgan fingerprint density at radius 2 is 1.95 bits per heavy atom. The number of hydrogen-bond donors (Lipinski definition) is 1. The van der Waals surface area contributed by atoms with Gasteiger partial charge in [0.2, 0.25) is 5.91 Å². The Labute approximate surface area is 124 Å². The Balaban J connectivity index is 1.93. The minimum atomic E-state index is -0.927. The van der Waals surface area contributed by atoms with E-state index in [9.17, 15) is 9.59 Å². The lowest BCUT2D eigenvalue weighted by atomic mass is 9.98. The quantitative estimate of drug-likeness (QED) is 0.898. The second-order valence-electron chi connectivity index (χ2n) is 5.36. The molecule has 0 radical (unpaired) electrons. The Kier molecular flexibility index (Phi) is 5.33. The van der Waals surface area contributed by atoms with E-state index in [0.717, 1.165) is 18.4 Å². The highest BCUT2D eigenvalue weighted by Gasteiger charge is 2.24. The molecule has 2 rings (SSSR count). The molecule has 0 aliphatic carbocycles. The van der Waals surface area contributed by atoms with Crippen molar-refractivity contribution in [3.63, 3.8) is 0 Å². The third-order valence-corrected chi connectivity index (χ3v) is 3.91. The first-order valence-electron chi connectivity index (χ1n) is 7.23. The molecule has 1 aliphatic rings. The number of rotatable bonds is 5. The predicted molar refractivity (Wildman–Crippen MR) is 78.3 cm³/mol. The molecule has 0 bridgehead atoms. The average molecular weight is 291 g/mol. The normalized spacial score (nSPS) is 15.7. The number of benzene rings is 1. The van der Waals surface area contributed by atoms with Gasteiger partial charge in [-0.05, 0) is 30.9 Å². The SMILES string of the molecule is CN(CCc1ccccc1C(=O)O)C(=O)C1CCOCC1. The largest absolute Gasteiger partial charge is 0.478 e. The number of carbonyl (C=O) groups is 2. The summed E-state index contributed by atoms with van der Waals surface area (Å²) in [6, 6.07) is 6.93. The van der Waals surface area contributed by atoms with Crippen LogP contribution in [-0.4, -0.2) is 48.7 Å². The summed E-state index contributed by atoms with van der Waals surface area (Å²) >= 11 is 0. The molecule has 1 saturated heterocycles. The number of hydrogen-bond acceptors (Lipinski definition) is 3. The van der Waals surface area contributed by atoms with Crippen molar-refractivity contribution in [3.8, 4) is 0 Å². The first-order chi connectivity index (χ1) is 10.1. The van der Waals surface area contributed by atoms with Crippen molar-refractivity contribution in [2.75, 3.05) is 26.8 Å². The highest BCUT2D eigenvalue weighted by molar-refractivity contribution is 5.89. The molecule has 0 spiro atoms. The molecule has 1 N–H and O–H groups in total. The van der Waals surface area contributed by atoms with E-state index in [-0.39, 0.29) is 11.8 Å². The zero-order valence-electron chi connectivity index (χ0n) is 12.2. The van der Waals surface area contributed by atoms with E-state index >= 15 is 0 Å². The van der Waals surface area contributed by atoms with Gasteiger partial charge in [-0.2, -0.15) is 0 Å². The van der Waals surface area contributed by atoms with Crippen LogP contribution in [0.15, 0.2) is 24.3 Å². The molecule has 21 heavy (non-hydrogen) atoms. The Bertz CT molecular complexity index is 509. The van der Waals surface area contributed by atoms with Gasteiger partial charge in [0.1, 0.15) is 0 Å². The summed E-state index contributed by atoms with van der Waals surface area (Å²) < 4.78 is 5.26. The number of amides is 1. The molecule has 1 aliphatic heterocycles. The molecule has 0 atom stereocenters. The van der Waals surface area contributed by atoms with Gasteiger partial charge < -0.3 is 14.7 Å². The van der Waals surface area contributed by atoms with Gasteiger partial charge in [0, 0.05) is 32.7 Å². The number of aromatic carboxylic acids is 1. The summed E-state index contributed by atoms with van der Waals surface area (Å²) in [5.41, 5.74) is 1.07. The predicted octanol–water partition coefficient (Wildman–Crippen LogP) is 1.81. The molecule has 1 fully saturated rings.